The molecular formula is C52H62ClFN12O4. The number of hydrogen-bond acceptors (Lipinski definition) is 12. The van der Waals surface area contributed by atoms with Gasteiger partial charge in [0.15, 0.2) is 0 Å². The number of likely N-dealkylation sites (tertiary alicyclic amines) is 2. The molecule has 1 aliphatic carbocycles. The second kappa shape index (κ2) is 20.3. The van der Waals surface area contributed by atoms with Crippen LogP contribution in [0.5, 0.6) is 5.75 Å². The Bertz CT molecular complexity index is 2780. The quantitative estimate of drug-likeness (QED) is 0.0948. The molecule has 3 saturated heterocycles. The molecule has 0 saturated carbocycles. The van der Waals surface area contributed by atoms with E-state index in [-0.39, 0.29) is 41.9 Å². The second-order valence-electron chi connectivity index (χ2n) is 19.6. The largest absolute Gasteiger partial charge is 0.497 e. The van der Waals surface area contributed by atoms with E-state index in [1.165, 1.54) is 6.92 Å². The van der Waals surface area contributed by atoms with Crippen molar-refractivity contribution in [1.29, 1.82) is 0 Å². The number of urea groups is 1. The fourth-order valence-corrected chi connectivity index (χ4v) is 10.7. The van der Waals surface area contributed by atoms with Gasteiger partial charge in [-0.2, -0.15) is 5.10 Å². The van der Waals surface area contributed by atoms with Crippen molar-refractivity contribution in [2.24, 2.45) is 13.0 Å². The standard InChI is InChI=1S/C52H62ClFN12O4/c1-32-21-48(63(3)62-32)61-47-23-38-22-34(5-6-36(38)25-55-47)49(67)58-44-29-64(27-41(44)33-7-10-40(69-4)11-8-33)17-18-65-28-42(35-9-12-46(53)52(2,54)24-35)45(30-65)60-51(68)66-16-13-37-26-56-50(59-43(37)31-66)57-39-14-19-70-20-15-39/h5-12,21-26,39,41-42,44-46H,13-20,27-31H2,1-4H3,(H,55,61)(H,58,67)(H,60,68)(H,56,57,59)/t41-,42-,44+,45+,46?,52?/m0/s1. The zero-order valence-corrected chi connectivity index (χ0v) is 41.0. The fraction of sp³-hybridized carbons (Fsp3) is 0.462. The van der Waals surface area contributed by atoms with Crippen molar-refractivity contribution < 1.29 is 23.5 Å². The first-order chi connectivity index (χ1) is 33.8. The van der Waals surface area contributed by atoms with Crippen LogP contribution in [0.4, 0.5) is 26.8 Å². The summed E-state index contributed by atoms with van der Waals surface area (Å²) >= 11 is 6.41. The predicted molar refractivity (Wildman–Crippen MR) is 269 cm³/mol. The van der Waals surface area contributed by atoms with Gasteiger partial charge in [0, 0.05) is 119 Å². The number of rotatable bonds is 13. The number of carbonyl (C=O) groups excluding carboxylic acids is 2. The van der Waals surface area contributed by atoms with E-state index in [1.54, 1.807) is 30.1 Å². The first-order valence-corrected chi connectivity index (χ1v) is 24.8. The SMILES string of the molecule is COc1ccc([C@@H]2CN(CCN3C[C@@H](NC(=O)N4CCc5cnc(NC6CCOCC6)nc5C4)[C@H](C4=CC(C)(F)C(Cl)C=C4)C3)C[C@H]2NC(=O)c2ccc3cnc(Nc4cc(C)nn4C)cc3c2)cc1. The summed E-state index contributed by atoms with van der Waals surface area (Å²) in [6.07, 6.45) is 11.4. The lowest BCUT2D eigenvalue weighted by Crippen LogP contribution is -2.49. The van der Waals surface area contributed by atoms with Crippen LogP contribution in [0.3, 0.4) is 0 Å². The number of methoxy groups -OCH3 is 1. The molecule has 5 aromatic rings. The number of nitrogens with one attached hydrogen (secondary N) is 4. The summed E-state index contributed by atoms with van der Waals surface area (Å²) in [5.74, 6) is 2.54. The van der Waals surface area contributed by atoms with Gasteiger partial charge in [0.25, 0.3) is 5.91 Å². The smallest absolute Gasteiger partial charge is 0.318 e. The normalized spacial score (nSPS) is 25.1. The van der Waals surface area contributed by atoms with Gasteiger partial charge in [-0.1, -0.05) is 30.4 Å². The molecule has 2 aromatic carbocycles. The van der Waals surface area contributed by atoms with E-state index >= 15 is 4.39 Å². The number of ether oxygens (including phenoxy) is 2. The van der Waals surface area contributed by atoms with E-state index < -0.39 is 11.0 Å². The van der Waals surface area contributed by atoms with Gasteiger partial charge in [0.2, 0.25) is 5.95 Å². The van der Waals surface area contributed by atoms with Crippen LogP contribution in [0, 0.1) is 12.8 Å². The topological polar surface area (TPSA) is 167 Å². The van der Waals surface area contributed by atoms with Crippen LogP contribution in [0.15, 0.2) is 90.8 Å². The van der Waals surface area contributed by atoms with E-state index in [2.05, 4.69) is 58.3 Å². The third-order valence-corrected chi connectivity index (χ3v) is 15.2. The van der Waals surface area contributed by atoms with Crippen molar-refractivity contribution in [1.82, 2.24) is 50.1 Å². The third-order valence-electron chi connectivity index (χ3n) is 14.6. The molecule has 0 bridgehead atoms. The van der Waals surface area contributed by atoms with Gasteiger partial charge in [-0.05, 0) is 91.6 Å². The Balaban J connectivity index is 0.819. The Morgan fingerprint density at radius 2 is 1.69 bits per heavy atom. The van der Waals surface area contributed by atoms with E-state index in [0.29, 0.717) is 76.2 Å². The summed E-state index contributed by atoms with van der Waals surface area (Å²) in [6, 6.07) is 17.3. The minimum atomic E-state index is -1.73. The summed E-state index contributed by atoms with van der Waals surface area (Å²) in [7, 11) is 3.53. The molecule has 10 rings (SSSR count). The van der Waals surface area contributed by atoms with Gasteiger partial charge in [-0.3, -0.25) is 19.3 Å². The summed E-state index contributed by atoms with van der Waals surface area (Å²) in [4.78, 5) is 48.9. The minimum absolute atomic E-state index is 0.0213. The number of benzene rings is 2. The Labute approximate surface area is 413 Å². The highest BCUT2D eigenvalue weighted by atomic mass is 35.5. The highest BCUT2D eigenvalue weighted by molar-refractivity contribution is 6.23. The molecule has 3 amide bonds. The Morgan fingerprint density at radius 1 is 0.929 bits per heavy atom. The number of fused-ring (bicyclic) bond motifs is 2. The van der Waals surface area contributed by atoms with Crippen molar-refractivity contribution in [3.8, 4) is 5.75 Å². The summed E-state index contributed by atoms with van der Waals surface area (Å²) in [6.45, 7) is 9.83. The fourth-order valence-electron chi connectivity index (χ4n) is 10.6. The molecule has 70 heavy (non-hydrogen) atoms. The van der Waals surface area contributed by atoms with Gasteiger partial charge < -0.3 is 35.6 Å². The van der Waals surface area contributed by atoms with Crippen LogP contribution in [0.1, 0.15) is 58.6 Å². The lowest BCUT2D eigenvalue weighted by Gasteiger charge is -2.32. The van der Waals surface area contributed by atoms with Crippen molar-refractivity contribution in [3.05, 3.63) is 119 Å². The number of amides is 3. The number of carbonyl (C=O) groups is 2. The average molecular weight is 974 g/mol. The van der Waals surface area contributed by atoms with Crippen molar-refractivity contribution in [2.45, 2.75) is 74.7 Å². The Kier molecular flexibility index (Phi) is 13.8. The summed E-state index contributed by atoms with van der Waals surface area (Å²) < 4.78 is 28.6. The van der Waals surface area contributed by atoms with E-state index in [0.717, 1.165) is 76.4 Å². The Morgan fingerprint density at radius 3 is 2.41 bits per heavy atom. The van der Waals surface area contributed by atoms with Crippen molar-refractivity contribution >= 4 is 51.9 Å². The third kappa shape index (κ3) is 10.6. The zero-order chi connectivity index (χ0) is 48.5. The summed E-state index contributed by atoms with van der Waals surface area (Å²) in [5, 5.41) is 19.0. The molecule has 6 atom stereocenters. The highest BCUT2D eigenvalue weighted by Crippen LogP contribution is 2.36. The highest BCUT2D eigenvalue weighted by Gasteiger charge is 2.41. The van der Waals surface area contributed by atoms with Gasteiger partial charge in [0.1, 0.15) is 23.1 Å². The van der Waals surface area contributed by atoms with E-state index in [9.17, 15) is 9.59 Å². The van der Waals surface area contributed by atoms with Crippen molar-refractivity contribution in [2.75, 3.05) is 76.8 Å². The molecule has 368 valence electrons. The molecule has 16 nitrogen and oxygen atoms in total. The zero-order valence-electron chi connectivity index (χ0n) is 40.2. The molecule has 3 fully saturated rings. The molecular weight excluding hydrogens is 911 g/mol. The number of alkyl halides is 2. The molecule has 3 aromatic heterocycles. The number of hydrogen-bond donors (Lipinski definition) is 4. The number of pyridine rings is 1. The molecule has 0 radical (unpaired) electrons. The lowest BCUT2D eigenvalue weighted by molar-refractivity contribution is 0.0902. The first-order valence-electron chi connectivity index (χ1n) is 24.4. The van der Waals surface area contributed by atoms with Gasteiger partial charge in [-0.25, -0.2) is 24.1 Å². The molecule has 18 heteroatoms. The average Bonchev–Trinajstić information content (AvgIpc) is 4.06. The predicted octanol–water partition coefficient (Wildman–Crippen LogP) is 6.51. The number of aryl methyl sites for hydroxylation is 2. The number of anilines is 3. The van der Waals surface area contributed by atoms with Crippen LogP contribution >= 0.6 is 11.6 Å². The first kappa shape index (κ1) is 47.5. The minimum Gasteiger partial charge on any atom is -0.497 e. The number of aromatic nitrogens is 5. The number of allylic oxidation sites excluding steroid dienone is 3. The maximum atomic E-state index is 15.8. The molecule has 0 spiro atoms. The van der Waals surface area contributed by atoms with Crippen molar-refractivity contribution in [3.63, 3.8) is 0 Å². The summed E-state index contributed by atoms with van der Waals surface area (Å²) in [5.41, 5.74) is 3.58. The van der Waals surface area contributed by atoms with Gasteiger partial charge in [-0.15, -0.1) is 11.6 Å². The maximum absolute atomic E-state index is 15.8. The monoisotopic (exact) mass is 972 g/mol. The van der Waals surface area contributed by atoms with E-state index in [4.69, 9.17) is 26.1 Å². The molecule has 5 aliphatic rings. The van der Waals surface area contributed by atoms with Crippen LogP contribution in [0.2, 0.25) is 0 Å². The van der Waals surface area contributed by atoms with Crippen LogP contribution < -0.4 is 26.0 Å². The lowest BCUT2D eigenvalue weighted by atomic mass is 9.85. The number of nitrogens with zero attached hydrogens (tertiary/aromatic N) is 8. The number of halogens is 2. The molecule has 4 aliphatic heterocycles. The van der Waals surface area contributed by atoms with Crippen LogP contribution in [-0.4, -0.2) is 147 Å². The van der Waals surface area contributed by atoms with Crippen LogP contribution in [0.25, 0.3) is 10.8 Å². The van der Waals surface area contributed by atoms with Gasteiger partial charge in [0.05, 0.1) is 36.5 Å². The van der Waals surface area contributed by atoms with Gasteiger partial charge >= 0.3 is 6.03 Å². The van der Waals surface area contributed by atoms with Crippen LogP contribution in [-0.2, 0) is 24.8 Å². The molecule has 4 N–H and O–H groups in total. The van der Waals surface area contributed by atoms with E-state index in [1.807, 2.05) is 73.6 Å². The maximum Gasteiger partial charge on any atom is 0.318 e. The Hall–Kier alpha value is -6.14. The molecule has 2 unspecified atom stereocenters. The molecule has 7 heterocycles. The second-order valence-corrected chi connectivity index (χ2v) is 20.1.